The molecule has 0 heterocycles. The van der Waals surface area contributed by atoms with Crippen molar-refractivity contribution >= 4 is 5.91 Å². The summed E-state index contributed by atoms with van der Waals surface area (Å²) in [7, 11) is 0. The second-order valence-electron chi connectivity index (χ2n) is 5.10. The van der Waals surface area contributed by atoms with Crippen LogP contribution in [0.5, 0.6) is 5.75 Å². The van der Waals surface area contributed by atoms with Gasteiger partial charge in [-0.1, -0.05) is 18.2 Å². The van der Waals surface area contributed by atoms with E-state index in [1.165, 1.54) is 0 Å². The highest BCUT2D eigenvalue weighted by atomic mass is 16.5. The molecule has 3 N–H and O–H groups in total. The molecular weight excluding hydrogens is 252 g/mol. The molecule has 1 amide bonds. The number of carbonyl (C=O) groups is 1. The number of amides is 1. The number of nitrogens with one attached hydrogen (secondary N) is 1. The first-order valence-electron chi connectivity index (χ1n) is 6.87. The van der Waals surface area contributed by atoms with E-state index in [9.17, 15) is 4.79 Å². The Morgan fingerprint density at radius 1 is 1.45 bits per heavy atom. The summed E-state index contributed by atoms with van der Waals surface area (Å²) in [5.41, 5.74) is 6.73. The fraction of sp³-hybridized carbons (Fsp3) is 0.438. The van der Waals surface area contributed by atoms with Gasteiger partial charge in [0.15, 0.2) is 0 Å². The summed E-state index contributed by atoms with van der Waals surface area (Å²) in [6, 6.07) is 7.04. The molecule has 1 aromatic carbocycles. The minimum absolute atomic E-state index is 0.117. The third-order valence-corrected chi connectivity index (χ3v) is 2.85. The molecule has 0 aliphatic heterocycles. The Morgan fingerprint density at radius 3 is 2.75 bits per heavy atom. The molecule has 0 fully saturated rings. The van der Waals surface area contributed by atoms with E-state index in [0.717, 1.165) is 11.3 Å². The lowest BCUT2D eigenvalue weighted by Gasteiger charge is -2.18. The molecule has 0 radical (unpaired) electrons. The number of ether oxygens (including phenoxy) is 1. The average Bonchev–Trinajstić information content (AvgIpc) is 2.38. The zero-order chi connectivity index (χ0) is 15.1. The van der Waals surface area contributed by atoms with Crippen LogP contribution in [0.3, 0.4) is 0 Å². The molecule has 0 aromatic heterocycles. The van der Waals surface area contributed by atoms with Crippen molar-refractivity contribution in [1.29, 1.82) is 0 Å². The predicted molar refractivity (Wildman–Crippen MR) is 81.6 cm³/mol. The van der Waals surface area contributed by atoms with Gasteiger partial charge in [-0.3, -0.25) is 4.79 Å². The second kappa shape index (κ2) is 7.70. The van der Waals surface area contributed by atoms with Gasteiger partial charge < -0.3 is 15.8 Å². The van der Waals surface area contributed by atoms with Crippen molar-refractivity contribution in [2.75, 3.05) is 0 Å². The van der Waals surface area contributed by atoms with Crippen LogP contribution in [-0.2, 0) is 4.79 Å². The van der Waals surface area contributed by atoms with Crippen LogP contribution in [0.2, 0.25) is 0 Å². The Morgan fingerprint density at radius 2 is 2.15 bits per heavy atom. The average molecular weight is 276 g/mol. The smallest absolute Gasteiger partial charge is 0.237 e. The minimum atomic E-state index is -0.551. The lowest BCUT2D eigenvalue weighted by atomic mass is 10.1. The molecule has 110 valence electrons. The maximum Gasteiger partial charge on any atom is 0.237 e. The van der Waals surface area contributed by atoms with Crippen LogP contribution in [0.15, 0.2) is 36.9 Å². The zero-order valence-corrected chi connectivity index (χ0v) is 12.4. The van der Waals surface area contributed by atoms with Crippen LogP contribution in [0.4, 0.5) is 0 Å². The molecule has 0 aliphatic rings. The normalized spacial score (nSPS) is 13.7. The zero-order valence-electron chi connectivity index (χ0n) is 12.4. The van der Waals surface area contributed by atoms with Gasteiger partial charge in [0.05, 0.1) is 18.2 Å². The summed E-state index contributed by atoms with van der Waals surface area (Å²) in [6.07, 6.45) is 2.23. The molecule has 0 aliphatic carbocycles. The molecular formula is C16H24N2O2. The Bertz CT molecular complexity index is 458. The highest BCUT2D eigenvalue weighted by Crippen LogP contribution is 2.20. The molecule has 0 bridgehead atoms. The van der Waals surface area contributed by atoms with E-state index in [0.29, 0.717) is 6.42 Å². The summed E-state index contributed by atoms with van der Waals surface area (Å²) < 4.78 is 5.65. The standard InChI is InChI=1S/C16H24N2O2/c1-5-7-15(17)16(19)18-12(4)13-8-6-9-14(10-13)20-11(2)3/h5-6,8-12,15H,1,7,17H2,2-4H3,(H,18,19). The van der Waals surface area contributed by atoms with Gasteiger partial charge in [0.2, 0.25) is 5.91 Å². The molecule has 4 heteroatoms. The third-order valence-electron chi connectivity index (χ3n) is 2.85. The molecule has 0 saturated heterocycles. The van der Waals surface area contributed by atoms with Crippen molar-refractivity contribution in [3.05, 3.63) is 42.5 Å². The fourth-order valence-corrected chi connectivity index (χ4v) is 1.82. The number of nitrogens with two attached hydrogens (primary N) is 1. The van der Waals surface area contributed by atoms with E-state index >= 15 is 0 Å². The topological polar surface area (TPSA) is 64.4 Å². The fourth-order valence-electron chi connectivity index (χ4n) is 1.82. The number of benzene rings is 1. The highest BCUT2D eigenvalue weighted by molar-refractivity contribution is 5.82. The monoisotopic (exact) mass is 276 g/mol. The Balaban J connectivity index is 2.69. The lowest BCUT2D eigenvalue weighted by molar-refractivity contribution is -0.122. The molecule has 1 aromatic rings. The third kappa shape index (κ3) is 5.05. The maximum atomic E-state index is 11.9. The quantitative estimate of drug-likeness (QED) is 0.752. The summed E-state index contributed by atoms with van der Waals surface area (Å²) in [6.45, 7) is 9.46. The van der Waals surface area contributed by atoms with E-state index in [2.05, 4.69) is 11.9 Å². The lowest BCUT2D eigenvalue weighted by Crippen LogP contribution is -2.41. The molecule has 0 spiro atoms. The van der Waals surface area contributed by atoms with Crippen molar-refractivity contribution in [2.45, 2.75) is 45.4 Å². The molecule has 4 nitrogen and oxygen atoms in total. The van der Waals surface area contributed by atoms with Crippen molar-refractivity contribution in [2.24, 2.45) is 5.73 Å². The van der Waals surface area contributed by atoms with Crippen molar-refractivity contribution < 1.29 is 9.53 Å². The summed E-state index contributed by atoms with van der Waals surface area (Å²) in [4.78, 5) is 11.9. The van der Waals surface area contributed by atoms with Gasteiger partial charge in [-0.25, -0.2) is 0 Å². The van der Waals surface area contributed by atoms with Crippen LogP contribution in [0, 0.1) is 0 Å². The minimum Gasteiger partial charge on any atom is -0.491 e. The first-order chi connectivity index (χ1) is 9.43. The van der Waals surface area contributed by atoms with Gasteiger partial charge in [-0.05, 0) is 44.9 Å². The summed E-state index contributed by atoms with van der Waals surface area (Å²) >= 11 is 0. The number of carbonyl (C=O) groups excluding carboxylic acids is 1. The van der Waals surface area contributed by atoms with E-state index in [4.69, 9.17) is 10.5 Å². The first kappa shape index (κ1) is 16.2. The molecule has 2 atom stereocenters. The summed E-state index contributed by atoms with van der Waals surface area (Å²) in [5.74, 6) is 0.626. The maximum absolute atomic E-state index is 11.9. The van der Waals surface area contributed by atoms with Crippen molar-refractivity contribution in [3.8, 4) is 5.75 Å². The first-order valence-corrected chi connectivity index (χ1v) is 6.87. The molecule has 1 rings (SSSR count). The second-order valence-corrected chi connectivity index (χ2v) is 5.10. The van der Waals surface area contributed by atoms with Gasteiger partial charge in [-0.15, -0.1) is 6.58 Å². The van der Waals surface area contributed by atoms with Crippen LogP contribution in [-0.4, -0.2) is 18.1 Å². The Hall–Kier alpha value is -1.81. The van der Waals surface area contributed by atoms with E-state index < -0.39 is 6.04 Å². The Kier molecular flexibility index (Phi) is 6.25. The van der Waals surface area contributed by atoms with Gasteiger partial charge in [-0.2, -0.15) is 0 Å². The SMILES string of the molecule is C=CCC(N)C(=O)NC(C)c1cccc(OC(C)C)c1. The number of hydrogen-bond donors (Lipinski definition) is 2. The van der Waals surface area contributed by atoms with Crippen LogP contribution in [0.1, 0.15) is 38.8 Å². The van der Waals surface area contributed by atoms with E-state index in [1.54, 1.807) is 6.08 Å². The molecule has 20 heavy (non-hydrogen) atoms. The molecule has 2 unspecified atom stereocenters. The van der Waals surface area contributed by atoms with Gasteiger partial charge in [0, 0.05) is 0 Å². The summed E-state index contributed by atoms with van der Waals surface area (Å²) in [5, 5.41) is 2.89. The van der Waals surface area contributed by atoms with Crippen LogP contribution in [0.25, 0.3) is 0 Å². The van der Waals surface area contributed by atoms with Crippen LogP contribution >= 0.6 is 0 Å². The van der Waals surface area contributed by atoms with Gasteiger partial charge in [0.25, 0.3) is 0 Å². The van der Waals surface area contributed by atoms with Gasteiger partial charge >= 0.3 is 0 Å². The Labute approximate surface area is 121 Å². The number of hydrogen-bond acceptors (Lipinski definition) is 3. The molecule has 0 saturated carbocycles. The predicted octanol–water partition coefficient (Wildman–Crippen LogP) is 2.55. The van der Waals surface area contributed by atoms with Gasteiger partial charge in [0.1, 0.15) is 5.75 Å². The highest BCUT2D eigenvalue weighted by Gasteiger charge is 2.15. The van der Waals surface area contributed by atoms with Crippen molar-refractivity contribution in [3.63, 3.8) is 0 Å². The van der Waals surface area contributed by atoms with E-state index in [1.807, 2.05) is 45.0 Å². The number of rotatable bonds is 7. The van der Waals surface area contributed by atoms with Crippen LogP contribution < -0.4 is 15.8 Å². The largest absolute Gasteiger partial charge is 0.491 e. The van der Waals surface area contributed by atoms with Crippen molar-refractivity contribution in [1.82, 2.24) is 5.32 Å². The van der Waals surface area contributed by atoms with E-state index in [-0.39, 0.29) is 18.1 Å².